The van der Waals surface area contributed by atoms with Gasteiger partial charge in [0.25, 0.3) is 0 Å². The number of rotatable bonds is 3. The van der Waals surface area contributed by atoms with Crippen molar-refractivity contribution in [2.75, 3.05) is 0 Å². The van der Waals surface area contributed by atoms with E-state index in [0.29, 0.717) is 39.9 Å². The number of thioether (sulfide) groups is 4. The standard InChI is InChI=1S/C18H7N3O5S4/c1-7(3-19)17-27-13-11(25-8(2)23)14-16(30-18(29-14)9(4-20)6-22)12(15(13)28-17)26-10(24)5-21/h6H,1-2H3/b17-7+,18-9+. The normalized spacial score (nSPS) is 16.9. The second kappa shape index (κ2) is 8.90. The maximum atomic E-state index is 11.8. The highest BCUT2D eigenvalue weighted by Gasteiger charge is 2.39. The first-order valence-electron chi connectivity index (χ1n) is 7.80. The Morgan fingerprint density at radius 1 is 0.800 bits per heavy atom. The Hall–Kier alpha value is -2.82. The molecule has 0 unspecified atom stereocenters. The summed E-state index contributed by atoms with van der Waals surface area (Å²) in [6.07, 6.45) is 0.405. The van der Waals surface area contributed by atoms with Crippen molar-refractivity contribution in [1.82, 2.24) is 0 Å². The topological polar surface area (TPSA) is 141 Å². The van der Waals surface area contributed by atoms with Crippen molar-refractivity contribution in [2.24, 2.45) is 0 Å². The molecule has 0 spiro atoms. The third-order valence-corrected chi connectivity index (χ3v) is 8.91. The predicted octanol–water partition coefficient (Wildman–Crippen LogP) is 4.13. The lowest BCUT2D eigenvalue weighted by Gasteiger charge is -2.14. The molecule has 0 amide bonds. The molecule has 2 aliphatic rings. The minimum Gasteiger partial charge on any atom is -0.424 e. The van der Waals surface area contributed by atoms with Crippen molar-refractivity contribution in [2.45, 2.75) is 33.4 Å². The largest absolute Gasteiger partial charge is 0.424 e. The van der Waals surface area contributed by atoms with Crippen LogP contribution in [0, 0.1) is 34.0 Å². The zero-order valence-electron chi connectivity index (χ0n) is 15.1. The van der Waals surface area contributed by atoms with Gasteiger partial charge in [0.05, 0.1) is 34.1 Å². The lowest BCUT2D eigenvalue weighted by Crippen LogP contribution is -2.08. The fourth-order valence-corrected chi connectivity index (χ4v) is 7.47. The summed E-state index contributed by atoms with van der Waals surface area (Å²) in [5.74, 6) is -1.52. The molecule has 12 heteroatoms. The Morgan fingerprint density at radius 3 is 1.70 bits per heavy atom. The first kappa shape index (κ1) is 21.9. The third kappa shape index (κ3) is 3.93. The molecule has 2 aliphatic heterocycles. The molecule has 0 aromatic heterocycles. The number of nitriles is 3. The van der Waals surface area contributed by atoms with Gasteiger partial charge in [-0.1, -0.05) is 47.0 Å². The molecule has 0 aliphatic carbocycles. The van der Waals surface area contributed by atoms with Gasteiger partial charge < -0.3 is 9.47 Å². The molecule has 8 nitrogen and oxygen atoms in total. The molecule has 0 bridgehead atoms. The van der Waals surface area contributed by atoms with Crippen LogP contribution in [0.25, 0.3) is 0 Å². The molecule has 1 aromatic rings. The second-order valence-electron chi connectivity index (χ2n) is 5.43. The van der Waals surface area contributed by atoms with Gasteiger partial charge in [0.1, 0.15) is 11.6 Å². The molecular weight excluding hydrogens is 466 g/mol. The first-order chi connectivity index (χ1) is 14.3. The number of aldehydes is 1. The number of carbonyl (C=O) groups is 3. The maximum Gasteiger partial charge on any atom is 0.416 e. The number of benzene rings is 1. The molecule has 0 atom stereocenters. The highest BCUT2D eigenvalue weighted by atomic mass is 32.2. The molecule has 0 N–H and O–H groups in total. The van der Waals surface area contributed by atoms with Crippen molar-refractivity contribution >= 4 is 65.3 Å². The number of hydrogen-bond donors (Lipinski definition) is 0. The van der Waals surface area contributed by atoms with Gasteiger partial charge in [0, 0.05) is 12.5 Å². The van der Waals surface area contributed by atoms with Gasteiger partial charge in [-0.05, 0) is 6.92 Å². The van der Waals surface area contributed by atoms with Crippen molar-refractivity contribution in [3.8, 4) is 29.7 Å². The van der Waals surface area contributed by atoms with E-state index >= 15 is 0 Å². The van der Waals surface area contributed by atoms with Gasteiger partial charge in [-0.2, -0.15) is 15.8 Å². The summed E-state index contributed by atoms with van der Waals surface area (Å²) in [7, 11) is 0. The number of ether oxygens (including phenoxy) is 2. The molecule has 0 radical (unpaired) electrons. The van der Waals surface area contributed by atoms with E-state index in [2.05, 4.69) is 0 Å². The summed E-state index contributed by atoms with van der Waals surface area (Å²) in [5.41, 5.74) is 0.287. The number of hydrogen-bond acceptors (Lipinski definition) is 12. The minimum absolute atomic E-state index is 0.0522. The second-order valence-corrected chi connectivity index (χ2v) is 10.0. The number of nitrogens with zero attached hydrogens (tertiary/aromatic N) is 3. The summed E-state index contributed by atoms with van der Waals surface area (Å²) < 4.78 is 11.6. The molecule has 0 fully saturated rings. The van der Waals surface area contributed by atoms with Crippen LogP contribution in [0.4, 0.5) is 0 Å². The molecular formula is C18H7N3O5S4. The SMILES string of the molecule is CC(=O)Oc1c2c(c(OC(=O)C#N)c3c1S/C(=C(/C#N)C=O)S3)S/C(=C(\C)C#N)S2. The molecule has 0 saturated carbocycles. The Balaban J connectivity index is 2.32. The Kier molecular flexibility index (Phi) is 6.49. The van der Waals surface area contributed by atoms with Crippen LogP contribution in [0.5, 0.6) is 11.5 Å². The Morgan fingerprint density at radius 2 is 1.30 bits per heavy atom. The molecule has 0 saturated heterocycles. The van der Waals surface area contributed by atoms with Crippen LogP contribution in [0.15, 0.2) is 39.2 Å². The van der Waals surface area contributed by atoms with E-state index in [1.165, 1.54) is 24.8 Å². The van der Waals surface area contributed by atoms with Gasteiger partial charge in [-0.3, -0.25) is 9.59 Å². The molecule has 148 valence electrons. The monoisotopic (exact) mass is 473 g/mol. The van der Waals surface area contributed by atoms with E-state index in [9.17, 15) is 24.9 Å². The van der Waals surface area contributed by atoms with E-state index in [1.807, 2.05) is 6.07 Å². The first-order valence-corrected chi connectivity index (χ1v) is 11.1. The number of esters is 2. The predicted molar refractivity (Wildman–Crippen MR) is 109 cm³/mol. The third-order valence-electron chi connectivity index (χ3n) is 3.48. The fraction of sp³-hybridized carbons (Fsp3) is 0.111. The highest BCUT2D eigenvalue weighted by Crippen LogP contribution is 2.68. The van der Waals surface area contributed by atoms with Crippen molar-refractivity contribution in [3.63, 3.8) is 0 Å². The van der Waals surface area contributed by atoms with Crippen molar-refractivity contribution in [1.29, 1.82) is 15.8 Å². The highest BCUT2D eigenvalue weighted by molar-refractivity contribution is 8.26. The smallest absolute Gasteiger partial charge is 0.416 e. The molecule has 30 heavy (non-hydrogen) atoms. The summed E-state index contributed by atoms with van der Waals surface area (Å²) in [6.45, 7) is 2.84. The summed E-state index contributed by atoms with van der Waals surface area (Å²) in [5, 5.41) is 27.3. The average molecular weight is 474 g/mol. The zero-order valence-corrected chi connectivity index (χ0v) is 18.4. The van der Waals surface area contributed by atoms with Gasteiger partial charge in [0.15, 0.2) is 23.9 Å². The number of fused-ring (bicyclic) bond motifs is 2. The van der Waals surface area contributed by atoms with Gasteiger partial charge in [0.2, 0.25) is 0 Å². The summed E-state index contributed by atoms with van der Waals surface area (Å²) in [4.78, 5) is 36.3. The van der Waals surface area contributed by atoms with Crippen LogP contribution in [0.1, 0.15) is 13.8 Å². The van der Waals surface area contributed by atoms with Gasteiger partial charge >= 0.3 is 11.9 Å². The van der Waals surface area contributed by atoms with E-state index < -0.39 is 11.9 Å². The van der Waals surface area contributed by atoms with E-state index in [-0.39, 0.29) is 17.1 Å². The van der Waals surface area contributed by atoms with Crippen LogP contribution in [-0.2, 0) is 14.4 Å². The average Bonchev–Trinajstić information content (AvgIpc) is 3.35. The van der Waals surface area contributed by atoms with Crippen LogP contribution in [0.3, 0.4) is 0 Å². The fourth-order valence-electron chi connectivity index (χ4n) is 2.28. The zero-order chi connectivity index (χ0) is 22.0. The molecule has 2 heterocycles. The minimum atomic E-state index is -1.15. The van der Waals surface area contributed by atoms with Crippen LogP contribution < -0.4 is 9.47 Å². The number of allylic oxidation sites excluding steroid dienone is 2. The van der Waals surface area contributed by atoms with E-state index in [0.717, 1.165) is 35.3 Å². The van der Waals surface area contributed by atoms with E-state index in [1.54, 1.807) is 13.0 Å². The number of carbonyl (C=O) groups excluding carboxylic acids is 3. The van der Waals surface area contributed by atoms with Crippen molar-refractivity contribution < 1.29 is 23.9 Å². The Bertz CT molecular complexity index is 1210. The summed E-state index contributed by atoms with van der Waals surface area (Å²) >= 11 is 4.34. The lowest BCUT2D eigenvalue weighted by molar-refractivity contribution is -0.132. The summed E-state index contributed by atoms with van der Waals surface area (Å²) in [6, 6.07) is 5.22. The van der Waals surface area contributed by atoms with Crippen LogP contribution in [-0.4, -0.2) is 18.2 Å². The maximum absolute atomic E-state index is 11.8. The molecule has 3 rings (SSSR count). The van der Waals surface area contributed by atoms with E-state index in [4.69, 9.17) is 14.7 Å². The molecule has 1 aromatic carbocycles. The van der Waals surface area contributed by atoms with Gasteiger partial charge in [-0.25, -0.2) is 4.79 Å². The van der Waals surface area contributed by atoms with Crippen LogP contribution in [0.2, 0.25) is 0 Å². The van der Waals surface area contributed by atoms with Crippen LogP contribution >= 0.6 is 47.0 Å². The lowest BCUT2D eigenvalue weighted by atomic mass is 10.3. The quantitative estimate of drug-likeness (QED) is 0.156. The Labute approximate surface area is 187 Å². The van der Waals surface area contributed by atoms with Crippen molar-refractivity contribution in [3.05, 3.63) is 19.6 Å². The van der Waals surface area contributed by atoms with Gasteiger partial charge in [-0.15, -0.1) is 0 Å².